The fourth-order valence-corrected chi connectivity index (χ4v) is 3.45. The zero-order valence-corrected chi connectivity index (χ0v) is 13.6. The number of hydrogen-bond acceptors (Lipinski definition) is 3. The van der Waals surface area contributed by atoms with Crippen molar-refractivity contribution >= 4 is 11.6 Å². The summed E-state index contributed by atoms with van der Waals surface area (Å²) in [6.07, 6.45) is -3.37. The van der Waals surface area contributed by atoms with E-state index in [-0.39, 0.29) is 42.9 Å². The Bertz CT molecular complexity index is 622. The second-order valence-electron chi connectivity index (χ2n) is 6.44. The van der Waals surface area contributed by atoms with E-state index >= 15 is 0 Å². The van der Waals surface area contributed by atoms with Gasteiger partial charge in [-0.05, 0) is 44.9 Å². The van der Waals surface area contributed by atoms with E-state index in [1.807, 2.05) is 13.8 Å². The molecule has 0 aromatic heterocycles. The number of halogens is 3. The summed E-state index contributed by atoms with van der Waals surface area (Å²) in [6, 6.07) is 3.26. The quantitative estimate of drug-likeness (QED) is 0.782. The molecule has 0 unspecified atom stereocenters. The molecule has 132 valence electrons. The number of ether oxygens (including phenoxy) is 2. The van der Waals surface area contributed by atoms with Crippen LogP contribution in [0.15, 0.2) is 18.2 Å². The van der Waals surface area contributed by atoms with Crippen LogP contribution in [0, 0.1) is 5.92 Å². The number of carbonyl (C=O) groups excluding carboxylic acids is 1. The van der Waals surface area contributed by atoms with Crippen molar-refractivity contribution in [2.75, 3.05) is 18.1 Å². The van der Waals surface area contributed by atoms with Crippen LogP contribution in [0.4, 0.5) is 18.9 Å². The summed E-state index contributed by atoms with van der Waals surface area (Å²) in [5.41, 5.74) is -0.578. The summed E-state index contributed by atoms with van der Waals surface area (Å²) in [7, 11) is 0. The van der Waals surface area contributed by atoms with Crippen molar-refractivity contribution in [3.8, 4) is 5.75 Å². The van der Waals surface area contributed by atoms with E-state index in [1.165, 1.54) is 11.0 Å². The molecule has 4 nitrogen and oxygen atoms in total. The Hall–Kier alpha value is -1.76. The van der Waals surface area contributed by atoms with Gasteiger partial charge >= 0.3 is 6.18 Å². The maximum Gasteiger partial charge on any atom is 0.416 e. The van der Waals surface area contributed by atoms with Crippen LogP contribution in [0.3, 0.4) is 0 Å². The minimum Gasteiger partial charge on any atom is -0.490 e. The van der Waals surface area contributed by atoms with E-state index < -0.39 is 11.7 Å². The second-order valence-corrected chi connectivity index (χ2v) is 6.44. The summed E-state index contributed by atoms with van der Waals surface area (Å²) < 4.78 is 50.0. The van der Waals surface area contributed by atoms with E-state index in [9.17, 15) is 18.0 Å². The van der Waals surface area contributed by atoms with Crippen LogP contribution in [0.2, 0.25) is 0 Å². The van der Waals surface area contributed by atoms with E-state index in [2.05, 4.69) is 0 Å². The largest absolute Gasteiger partial charge is 0.490 e. The minimum atomic E-state index is -4.46. The van der Waals surface area contributed by atoms with Crippen LogP contribution < -0.4 is 9.64 Å². The van der Waals surface area contributed by atoms with Gasteiger partial charge in [-0.15, -0.1) is 0 Å². The third-order valence-corrected chi connectivity index (χ3v) is 4.46. The van der Waals surface area contributed by atoms with Gasteiger partial charge in [-0.1, -0.05) is 0 Å². The first-order valence-corrected chi connectivity index (χ1v) is 8.06. The lowest BCUT2D eigenvalue weighted by atomic mass is 9.91. The molecule has 7 heteroatoms. The highest BCUT2D eigenvalue weighted by atomic mass is 19.4. The molecule has 2 atom stereocenters. The fraction of sp³-hybridized carbons (Fsp3) is 0.588. The predicted molar refractivity (Wildman–Crippen MR) is 82.0 cm³/mol. The number of carbonyl (C=O) groups is 1. The van der Waals surface area contributed by atoms with Crippen LogP contribution in [0.5, 0.6) is 5.75 Å². The lowest BCUT2D eigenvalue weighted by molar-refractivity contribution is -0.137. The van der Waals surface area contributed by atoms with E-state index in [4.69, 9.17) is 9.47 Å². The molecule has 2 aliphatic heterocycles. The molecular weight excluding hydrogens is 323 g/mol. The third-order valence-electron chi connectivity index (χ3n) is 4.46. The highest BCUT2D eigenvalue weighted by Crippen LogP contribution is 2.39. The molecule has 1 saturated heterocycles. The van der Waals surface area contributed by atoms with Crippen molar-refractivity contribution in [2.24, 2.45) is 5.92 Å². The third kappa shape index (κ3) is 3.36. The minimum absolute atomic E-state index is 0.0373. The second kappa shape index (κ2) is 6.27. The number of hydrogen-bond donors (Lipinski definition) is 0. The number of amides is 1. The Morgan fingerprint density at radius 1 is 1.21 bits per heavy atom. The van der Waals surface area contributed by atoms with Crippen molar-refractivity contribution in [1.82, 2.24) is 0 Å². The highest BCUT2D eigenvalue weighted by molar-refractivity contribution is 5.97. The van der Waals surface area contributed by atoms with Gasteiger partial charge in [0.2, 0.25) is 5.91 Å². The number of fused-ring (bicyclic) bond motifs is 1. The first-order chi connectivity index (χ1) is 11.3. The molecular formula is C17H20F3NO3. The Balaban J connectivity index is 1.89. The van der Waals surface area contributed by atoms with Crippen LogP contribution in [-0.4, -0.2) is 31.3 Å². The average molecular weight is 343 g/mol. The van der Waals surface area contributed by atoms with Crippen LogP contribution in [0.1, 0.15) is 32.3 Å². The van der Waals surface area contributed by atoms with Crippen LogP contribution >= 0.6 is 0 Å². The topological polar surface area (TPSA) is 38.8 Å². The van der Waals surface area contributed by atoms with E-state index in [0.29, 0.717) is 18.6 Å². The molecule has 1 aromatic carbocycles. The van der Waals surface area contributed by atoms with E-state index in [0.717, 1.165) is 12.1 Å². The molecule has 1 aromatic rings. The maximum atomic E-state index is 13.0. The summed E-state index contributed by atoms with van der Waals surface area (Å²) in [5.74, 6) is -0.0825. The molecule has 1 fully saturated rings. The number of nitrogens with zero attached hydrogens (tertiary/aromatic N) is 1. The predicted octanol–water partition coefficient (Wildman–Crippen LogP) is 3.63. The molecule has 0 aliphatic carbocycles. The standard InChI is InChI=1S/C17H20F3NO3/c1-10-7-12(8-11(2)24-10)16(22)21-5-6-23-15-4-3-13(9-14(15)21)17(18,19)20/h3-4,9-12H,5-8H2,1-2H3/t10-,11-/m0/s1. The normalized spacial score (nSPS) is 27.4. The molecule has 0 bridgehead atoms. The first kappa shape index (κ1) is 17.1. The Morgan fingerprint density at radius 2 is 1.88 bits per heavy atom. The molecule has 0 N–H and O–H groups in total. The molecule has 0 saturated carbocycles. The van der Waals surface area contributed by atoms with Gasteiger partial charge in [-0.25, -0.2) is 0 Å². The summed E-state index contributed by atoms with van der Waals surface area (Å²) in [5, 5.41) is 0. The summed E-state index contributed by atoms with van der Waals surface area (Å²) >= 11 is 0. The molecule has 1 amide bonds. The zero-order chi connectivity index (χ0) is 17.5. The molecule has 2 aliphatic rings. The molecule has 2 heterocycles. The van der Waals surface area contributed by atoms with Gasteiger partial charge in [0.1, 0.15) is 12.4 Å². The Labute approximate surface area is 138 Å². The smallest absolute Gasteiger partial charge is 0.416 e. The van der Waals surface area contributed by atoms with Gasteiger partial charge < -0.3 is 14.4 Å². The molecule has 0 radical (unpaired) electrons. The van der Waals surface area contributed by atoms with Crippen molar-refractivity contribution in [3.05, 3.63) is 23.8 Å². The number of alkyl halides is 3. The van der Waals surface area contributed by atoms with Gasteiger partial charge in [-0.3, -0.25) is 4.79 Å². The van der Waals surface area contributed by atoms with Crippen LogP contribution in [0.25, 0.3) is 0 Å². The number of rotatable bonds is 1. The zero-order valence-electron chi connectivity index (χ0n) is 13.6. The lowest BCUT2D eigenvalue weighted by Gasteiger charge is -2.36. The maximum absolute atomic E-state index is 13.0. The molecule has 0 spiro atoms. The van der Waals surface area contributed by atoms with E-state index in [1.54, 1.807) is 0 Å². The lowest BCUT2D eigenvalue weighted by Crippen LogP contribution is -2.45. The van der Waals surface area contributed by atoms with Gasteiger partial charge in [0.15, 0.2) is 0 Å². The van der Waals surface area contributed by atoms with Crippen molar-refractivity contribution in [3.63, 3.8) is 0 Å². The number of anilines is 1. The Kier molecular flexibility index (Phi) is 4.46. The van der Waals surface area contributed by atoms with Gasteiger partial charge in [0.25, 0.3) is 0 Å². The van der Waals surface area contributed by atoms with Crippen molar-refractivity contribution in [1.29, 1.82) is 0 Å². The van der Waals surface area contributed by atoms with Gasteiger partial charge in [0, 0.05) is 5.92 Å². The number of benzene rings is 1. The van der Waals surface area contributed by atoms with Crippen molar-refractivity contribution < 1.29 is 27.4 Å². The Morgan fingerprint density at radius 3 is 2.50 bits per heavy atom. The summed E-state index contributed by atoms with van der Waals surface area (Å²) in [4.78, 5) is 14.3. The summed E-state index contributed by atoms with van der Waals surface area (Å²) in [6.45, 7) is 4.35. The first-order valence-electron chi connectivity index (χ1n) is 8.06. The fourth-order valence-electron chi connectivity index (χ4n) is 3.45. The molecule has 24 heavy (non-hydrogen) atoms. The van der Waals surface area contributed by atoms with Gasteiger partial charge in [0.05, 0.1) is 30.0 Å². The monoisotopic (exact) mass is 343 g/mol. The van der Waals surface area contributed by atoms with Gasteiger partial charge in [-0.2, -0.15) is 13.2 Å². The molecule has 3 rings (SSSR count). The van der Waals surface area contributed by atoms with Crippen LogP contribution in [-0.2, 0) is 15.7 Å². The SMILES string of the molecule is C[C@H]1CC(C(=O)N2CCOc3ccc(C(F)(F)F)cc32)C[C@H](C)O1. The average Bonchev–Trinajstić information content (AvgIpc) is 2.51. The van der Waals surface area contributed by atoms with Crippen molar-refractivity contribution in [2.45, 2.75) is 45.1 Å². The highest BCUT2D eigenvalue weighted by Gasteiger charge is 2.37.